The number of piperazine rings is 1. The number of phenols is 2. The van der Waals surface area contributed by atoms with Crippen molar-refractivity contribution < 1.29 is 19.8 Å². The molecule has 3 saturated heterocycles. The van der Waals surface area contributed by atoms with Gasteiger partial charge in [0.2, 0.25) is 11.7 Å². The average molecular weight is 673 g/mol. The van der Waals surface area contributed by atoms with Crippen LogP contribution in [-0.2, 0) is 11.3 Å². The van der Waals surface area contributed by atoms with Crippen molar-refractivity contribution >= 4 is 11.8 Å². The number of hydrogen-bond donors (Lipinski definition) is 3. The summed E-state index contributed by atoms with van der Waals surface area (Å²) in [6.45, 7) is 14.6. The quantitative estimate of drug-likeness (QED) is 0.296. The van der Waals surface area contributed by atoms with Crippen molar-refractivity contribution in [2.75, 3.05) is 66.0 Å². The van der Waals surface area contributed by atoms with Crippen molar-refractivity contribution in [2.45, 2.75) is 65.0 Å². The topological polar surface area (TPSA) is 130 Å². The lowest BCUT2D eigenvalue weighted by Gasteiger charge is -2.39. The molecule has 2 aromatic carbocycles. The van der Waals surface area contributed by atoms with E-state index in [9.17, 15) is 19.8 Å². The molecule has 0 unspecified atom stereocenters. The van der Waals surface area contributed by atoms with Gasteiger partial charge in [-0.15, -0.1) is 10.2 Å². The van der Waals surface area contributed by atoms with Gasteiger partial charge in [0.1, 0.15) is 11.5 Å². The number of aromatic hydroxyl groups is 2. The van der Waals surface area contributed by atoms with Crippen molar-refractivity contribution in [3.8, 4) is 28.6 Å². The third kappa shape index (κ3) is 7.76. The number of likely N-dealkylation sites (N-methyl/N-ethyl adjacent to an activating group) is 1. The van der Waals surface area contributed by atoms with Crippen LogP contribution in [0.4, 0.5) is 0 Å². The second-order valence-electron chi connectivity index (χ2n) is 14.2. The van der Waals surface area contributed by atoms with Gasteiger partial charge in [0, 0.05) is 69.5 Å². The van der Waals surface area contributed by atoms with Gasteiger partial charge in [-0.25, -0.2) is 0 Å². The number of phenolic OH excluding ortho intramolecular Hbond substituents is 2. The first-order chi connectivity index (χ1) is 23.6. The number of nitrogens with zero attached hydrogens (tertiary/aromatic N) is 7. The zero-order chi connectivity index (χ0) is 34.7. The Hall–Kier alpha value is -4.00. The van der Waals surface area contributed by atoms with E-state index in [0.29, 0.717) is 41.1 Å². The van der Waals surface area contributed by atoms with E-state index >= 15 is 0 Å². The molecular formula is C37H52N8O4. The molecule has 49 heavy (non-hydrogen) atoms. The summed E-state index contributed by atoms with van der Waals surface area (Å²) in [5, 5.41) is 32.6. The summed E-state index contributed by atoms with van der Waals surface area (Å²) in [6.07, 6.45) is 4.32. The number of piperidine rings is 1. The summed E-state index contributed by atoms with van der Waals surface area (Å²) in [5.41, 5.74) is 2.85. The van der Waals surface area contributed by atoms with E-state index in [0.717, 1.165) is 70.8 Å². The van der Waals surface area contributed by atoms with Crippen LogP contribution < -0.4 is 5.32 Å². The number of nitrogens with one attached hydrogen (secondary N) is 1. The third-order valence-electron chi connectivity index (χ3n) is 10.6. The van der Waals surface area contributed by atoms with E-state index in [4.69, 9.17) is 0 Å². The number of likely N-dealkylation sites (tertiary alicyclic amines) is 2. The van der Waals surface area contributed by atoms with Gasteiger partial charge in [0.05, 0.1) is 5.56 Å². The Labute approximate surface area is 289 Å². The van der Waals surface area contributed by atoms with E-state index in [-0.39, 0.29) is 35.1 Å². The first-order valence-corrected chi connectivity index (χ1v) is 18.0. The van der Waals surface area contributed by atoms with E-state index in [2.05, 4.69) is 42.2 Å². The highest BCUT2D eigenvalue weighted by Crippen LogP contribution is 2.38. The van der Waals surface area contributed by atoms with Crippen molar-refractivity contribution in [3.63, 3.8) is 0 Å². The number of carbonyl (C=O) groups excluding carboxylic acids is 2. The van der Waals surface area contributed by atoms with Crippen LogP contribution in [0.5, 0.6) is 11.5 Å². The fraction of sp³-hybridized carbons (Fsp3) is 0.568. The van der Waals surface area contributed by atoms with Gasteiger partial charge >= 0.3 is 0 Å². The predicted molar refractivity (Wildman–Crippen MR) is 189 cm³/mol. The molecule has 12 heteroatoms. The summed E-state index contributed by atoms with van der Waals surface area (Å²) in [5.74, 6) is 0.333. The fourth-order valence-corrected chi connectivity index (χ4v) is 7.59. The average Bonchev–Trinajstić information content (AvgIpc) is 3.71. The molecule has 6 rings (SSSR count). The number of carbonyl (C=O) groups is 2. The standard InChI is InChI=1S/C37H52N8O4/c1-5-38-36(48)35-40-39-34(31-21-30(25(2)3)32(46)22-33(31)47)45(35)28-10-8-26(9-11-28)23-42-15-12-27(13-16-42)37(49)44-19-17-43(18-20-44)24-29-7-6-14-41(29)4/h8-11,21-22,25,27,29,46-47H,5-7,12-20,23-24H2,1-4H3,(H,38,48)/t29-/m1/s1. The molecule has 0 bridgehead atoms. The Morgan fingerprint density at radius 1 is 0.898 bits per heavy atom. The minimum atomic E-state index is -0.371. The second-order valence-corrected chi connectivity index (χ2v) is 14.2. The zero-order valence-electron chi connectivity index (χ0n) is 29.4. The second kappa shape index (κ2) is 15.3. The molecule has 3 aliphatic rings. The van der Waals surface area contributed by atoms with Crippen molar-refractivity contribution in [1.82, 2.24) is 39.7 Å². The van der Waals surface area contributed by atoms with Gasteiger partial charge in [0.25, 0.3) is 5.91 Å². The Bertz CT molecular complexity index is 1610. The lowest BCUT2D eigenvalue weighted by Crippen LogP contribution is -2.53. The Balaban J connectivity index is 1.08. The molecule has 0 radical (unpaired) electrons. The molecule has 2 amide bonds. The summed E-state index contributed by atoms with van der Waals surface area (Å²) >= 11 is 0. The molecule has 0 aliphatic carbocycles. The maximum Gasteiger partial charge on any atom is 0.289 e. The smallest absolute Gasteiger partial charge is 0.289 e. The van der Waals surface area contributed by atoms with Gasteiger partial charge in [-0.05, 0) is 94.5 Å². The van der Waals surface area contributed by atoms with Crippen LogP contribution in [0, 0.1) is 5.92 Å². The predicted octanol–water partition coefficient (Wildman–Crippen LogP) is 3.67. The molecule has 12 nitrogen and oxygen atoms in total. The Kier molecular flexibility index (Phi) is 10.9. The SMILES string of the molecule is CCNC(=O)c1nnc(-c2cc(C(C)C)c(O)cc2O)n1-c1ccc(CN2CCC(C(=O)N3CCN(C[C@H]4CCCN4C)CC3)CC2)cc1. The number of hydrogen-bond acceptors (Lipinski definition) is 9. The number of amides is 2. The van der Waals surface area contributed by atoms with Gasteiger partial charge < -0.3 is 25.3 Å². The van der Waals surface area contributed by atoms with Crippen LogP contribution in [0.3, 0.4) is 0 Å². The van der Waals surface area contributed by atoms with Crippen LogP contribution in [0.25, 0.3) is 17.1 Å². The molecular weight excluding hydrogens is 620 g/mol. The summed E-state index contributed by atoms with van der Waals surface area (Å²) in [7, 11) is 2.23. The third-order valence-corrected chi connectivity index (χ3v) is 10.6. The molecule has 1 aromatic heterocycles. The summed E-state index contributed by atoms with van der Waals surface area (Å²) in [4.78, 5) is 36.0. The Morgan fingerprint density at radius 3 is 2.24 bits per heavy atom. The van der Waals surface area contributed by atoms with Crippen LogP contribution in [0.1, 0.15) is 74.1 Å². The van der Waals surface area contributed by atoms with Crippen molar-refractivity contribution in [3.05, 3.63) is 53.3 Å². The van der Waals surface area contributed by atoms with E-state index in [1.165, 1.54) is 25.5 Å². The minimum absolute atomic E-state index is 0.00461. The Morgan fingerprint density at radius 2 is 1.61 bits per heavy atom. The monoisotopic (exact) mass is 672 g/mol. The number of aromatic nitrogens is 3. The van der Waals surface area contributed by atoms with Crippen LogP contribution in [0.15, 0.2) is 36.4 Å². The number of rotatable bonds is 10. The highest BCUT2D eigenvalue weighted by atomic mass is 16.3. The summed E-state index contributed by atoms with van der Waals surface area (Å²) in [6, 6.07) is 11.6. The first-order valence-electron chi connectivity index (χ1n) is 18.0. The fourth-order valence-electron chi connectivity index (χ4n) is 7.59. The van der Waals surface area contributed by atoms with Gasteiger partial charge in [-0.2, -0.15) is 0 Å². The van der Waals surface area contributed by atoms with E-state index in [1.807, 2.05) is 45.0 Å². The lowest BCUT2D eigenvalue weighted by molar-refractivity contribution is -0.139. The molecule has 264 valence electrons. The van der Waals surface area contributed by atoms with E-state index < -0.39 is 0 Å². The van der Waals surface area contributed by atoms with Crippen LogP contribution in [-0.4, -0.2) is 128 Å². The molecule has 3 fully saturated rings. The summed E-state index contributed by atoms with van der Waals surface area (Å²) < 4.78 is 1.65. The molecule has 3 aliphatic heterocycles. The van der Waals surface area contributed by atoms with Crippen molar-refractivity contribution in [1.29, 1.82) is 0 Å². The first kappa shape index (κ1) is 34.8. The highest BCUT2D eigenvalue weighted by molar-refractivity contribution is 5.92. The van der Waals surface area contributed by atoms with Gasteiger partial charge in [0.15, 0.2) is 5.82 Å². The maximum atomic E-state index is 13.4. The molecule has 3 N–H and O–H groups in total. The van der Waals surface area contributed by atoms with E-state index in [1.54, 1.807) is 10.6 Å². The molecule has 3 aromatic rings. The van der Waals surface area contributed by atoms with Gasteiger partial charge in [-0.3, -0.25) is 24.0 Å². The van der Waals surface area contributed by atoms with Crippen LogP contribution in [0.2, 0.25) is 0 Å². The largest absolute Gasteiger partial charge is 0.508 e. The highest BCUT2D eigenvalue weighted by Gasteiger charge is 2.32. The van der Waals surface area contributed by atoms with Crippen molar-refractivity contribution in [2.24, 2.45) is 5.92 Å². The zero-order valence-corrected chi connectivity index (χ0v) is 29.4. The maximum absolute atomic E-state index is 13.4. The molecule has 0 spiro atoms. The molecule has 1 atom stereocenters. The van der Waals surface area contributed by atoms with Gasteiger partial charge in [-0.1, -0.05) is 26.0 Å². The number of benzene rings is 2. The minimum Gasteiger partial charge on any atom is -0.508 e. The normalized spacial score (nSPS) is 19.9. The molecule has 0 saturated carbocycles. The van der Waals surface area contributed by atoms with Crippen LogP contribution >= 0.6 is 0 Å². The molecule has 4 heterocycles. The lowest BCUT2D eigenvalue weighted by atomic mass is 9.94.